The van der Waals surface area contributed by atoms with Crippen molar-refractivity contribution in [3.8, 4) is 0 Å². The van der Waals surface area contributed by atoms with Gasteiger partial charge in [-0.15, -0.1) is 0 Å². The molecule has 1 rings (SSSR count). The van der Waals surface area contributed by atoms with Crippen molar-refractivity contribution in [3.05, 3.63) is 30.3 Å². The predicted molar refractivity (Wildman–Crippen MR) is 52.4 cm³/mol. The molecule has 0 radical (unpaired) electrons. The number of nitrogens with two attached hydrogens (primary N) is 1. The molecule has 4 nitrogen and oxygen atoms in total. The van der Waals surface area contributed by atoms with E-state index in [0.717, 1.165) is 0 Å². The Morgan fingerprint density at radius 3 is 2.38 bits per heavy atom. The molecule has 0 aliphatic rings. The Morgan fingerprint density at radius 1 is 1.31 bits per heavy atom. The molecule has 3 N–H and O–H groups in total. The highest BCUT2D eigenvalue weighted by Gasteiger charge is 2.31. The molecule has 0 heterocycles. The minimum Gasteiger partial charge on any atom is -0.307 e. The number of nitrogens with one attached hydrogen (secondary N) is 1. The molecule has 0 fully saturated rings. The summed E-state index contributed by atoms with van der Waals surface area (Å²) in [6.07, 6.45) is -4.51. The third kappa shape index (κ3) is 4.18. The van der Waals surface area contributed by atoms with Gasteiger partial charge in [-0.3, -0.25) is 5.01 Å². The van der Waals surface area contributed by atoms with E-state index in [0.29, 0.717) is 5.69 Å². The van der Waals surface area contributed by atoms with E-state index in [2.05, 4.69) is 5.32 Å². The predicted octanol–water partition coefficient (Wildman–Crippen LogP) is 1.96. The number of anilines is 1. The van der Waals surface area contributed by atoms with Crippen molar-refractivity contribution < 1.29 is 18.0 Å². The van der Waals surface area contributed by atoms with Crippen LogP contribution in [0.3, 0.4) is 0 Å². The minimum absolute atomic E-state index is 0.0764. The third-order valence-electron chi connectivity index (χ3n) is 1.64. The van der Waals surface area contributed by atoms with Gasteiger partial charge < -0.3 is 5.32 Å². The van der Waals surface area contributed by atoms with Crippen LogP contribution in [-0.2, 0) is 0 Å². The summed E-state index contributed by atoms with van der Waals surface area (Å²) in [5.41, 5.74) is 0.380. The first-order valence-electron chi connectivity index (χ1n) is 4.33. The highest BCUT2D eigenvalue weighted by atomic mass is 19.4. The van der Waals surface area contributed by atoms with Crippen molar-refractivity contribution in [2.24, 2.45) is 5.84 Å². The van der Waals surface area contributed by atoms with Crippen LogP contribution in [0.4, 0.5) is 23.7 Å². The molecule has 7 heteroatoms. The molecule has 88 valence electrons. The van der Waals surface area contributed by atoms with Gasteiger partial charge in [0.1, 0.15) is 6.54 Å². The van der Waals surface area contributed by atoms with E-state index in [1.54, 1.807) is 30.3 Å². The molecular weight excluding hydrogens is 223 g/mol. The SMILES string of the molecule is NN(CC(F)(F)F)C(=O)Nc1ccccc1. The molecule has 0 aliphatic carbocycles. The lowest BCUT2D eigenvalue weighted by Gasteiger charge is -2.18. The molecule has 1 aromatic carbocycles. The highest BCUT2D eigenvalue weighted by molar-refractivity contribution is 5.88. The third-order valence-corrected chi connectivity index (χ3v) is 1.64. The Balaban J connectivity index is 2.53. The number of carbonyl (C=O) groups excluding carboxylic acids is 1. The zero-order valence-electron chi connectivity index (χ0n) is 8.16. The quantitative estimate of drug-likeness (QED) is 0.466. The van der Waals surface area contributed by atoms with Gasteiger partial charge in [-0.25, -0.2) is 10.6 Å². The van der Waals surface area contributed by atoms with E-state index >= 15 is 0 Å². The lowest BCUT2D eigenvalue weighted by atomic mass is 10.3. The number of halogens is 3. The number of urea groups is 1. The van der Waals surface area contributed by atoms with Gasteiger partial charge in [0.2, 0.25) is 0 Å². The van der Waals surface area contributed by atoms with Crippen LogP contribution in [0.15, 0.2) is 30.3 Å². The standard InChI is InChI=1S/C9H10F3N3O/c10-9(11,12)6-15(13)8(16)14-7-4-2-1-3-5-7/h1-5H,6,13H2,(H,14,16). The van der Waals surface area contributed by atoms with Crippen LogP contribution < -0.4 is 11.2 Å². The molecule has 2 amide bonds. The smallest absolute Gasteiger partial charge is 0.307 e. The van der Waals surface area contributed by atoms with E-state index in [1.165, 1.54) is 0 Å². The number of nitrogens with zero attached hydrogens (tertiary/aromatic N) is 1. The van der Waals surface area contributed by atoms with Crippen molar-refractivity contribution in [2.45, 2.75) is 6.18 Å². The summed E-state index contributed by atoms with van der Waals surface area (Å²) in [5.74, 6) is 4.95. The fourth-order valence-corrected chi connectivity index (χ4v) is 0.982. The van der Waals surface area contributed by atoms with E-state index in [1.807, 2.05) is 0 Å². The van der Waals surface area contributed by atoms with Crippen molar-refractivity contribution in [3.63, 3.8) is 0 Å². The zero-order valence-corrected chi connectivity index (χ0v) is 8.16. The van der Waals surface area contributed by atoms with E-state index in [-0.39, 0.29) is 5.01 Å². The van der Waals surface area contributed by atoms with Gasteiger partial charge >= 0.3 is 12.2 Å². The van der Waals surface area contributed by atoms with Crippen LogP contribution in [-0.4, -0.2) is 23.8 Å². The summed E-state index contributed by atoms with van der Waals surface area (Å²) in [7, 11) is 0. The molecule has 0 atom stereocenters. The zero-order chi connectivity index (χ0) is 12.2. The van der Waals surface area contributed by atoms with Gasteiger partial charge in [-0.2, -0.15) is 13.2 Å². The summed E-state index contributed by atoms with van der Waals surface area (Å²) < 4.78 is 35.7. The van der Waals surface area contributed by atoms with Crippen molar-refractivity contribution in [1.82, 2.24) is 5.01 Å². The second-order valence-electron chi connectivity index (χ2n) is 3.04. The Bertz CT molecular complexity index is 353. The highest BCUT2D eigenvalue weighted by Crippen LogP contribution is 2.15. The van der Waals surface area contributed by atoms with Crippen molar-refractivity contribution >= 4 is 11.7 Å². The summed E-state index contributed by atoms with van der Waals surface area (Å²) >= 11 is 0. The van der Waals surface area contributed by atoms with Crippen LogP contribution in [0.25, 0.3) is 0 Å². The van der Waals surface area contributed by atoms with Crippen LogP contribution in [0.2, 0.25) is 0 Å². The van der Waals surface area contributed by atoms with Gasteiger partial charge in [-0.05, 0) is 12.1 Å². The number of amides is 2. The van der Waals surface area contributed by atoms with Gasteiger partial charge in [0, 0.05) is 5.69 Å². The first-order valence-corrected chi connectivity index (χ1v) is 4.33. The molecule has 0 saturated carbocycles. The summed E-state index contributed by atoms with van der Waals surface area (Å²) in [4.78, 5) is 11.2. The molecule has 0 saturated heterocycles. The second kappa shape index (κ2) is 4.84. The van der Waals surface area contributed by atoms with E-state index < -0.39 is 18.8 Å². The van der Waals surface area contributed by atoms with Gasteiger partial charge in [0.25, 0.3) is 0 Å². The Morgan fingerprint density at radius 2 is 1.88 bits per heavy atom. The second-order valence-corrected chi connectivity index (χ2v) is 3.04. The molecule has 16 heavy (non-hydrogen) atoms. The minimum atomic E-state index is -4.51. The first kappa shape index (κ1) is 12.3. The van der Waals surface area contributed by atoms with Crippen molar-refractivity contribution in [2.75, 3.05) is 11.9 Å². The van der Waals surface area contributed by atoms with Crippen LogP contribution in [0, 0.1) is 0 Å². The number of hydrogen-bond donors (Lipinski definition) is 2. The fourth-order valence-electron chi connectivity index (χ4n) is 0.982. The van der Waals surface area contributed by atoms with Crippen LogP contribution >= 0.6 is 0 Å². The normalized spacial score (nSPS) is 11.0. The first-order chi connectivity index (χ1) is 7.38. The maximum absolute atomic E-state index is 11.9. The average Bonchev–Trinajstić information content (AvgIpc) is 2.16. The van der Waals surface area contributed by atoms with E-state index in [4.69, 9.17) is 5.84 Å². The molecular formula is C9H10F3N3O. The number of hydrazine groups is 1. The van der Waals surface area contributed by atoms with Gasteiger partial charge in [0.05, 0.1) is 0 Å². The Kier molecular flexibility index (Phi) is 3.73. The maximum atomic E-state index is 11.9. The molecule has 0 aromatic heterocycles. The molecule has 1 aromatic rings. The Labute approximate surface area is 89.8 Å². The number of carbonyl (C=O) groups is 1. The van der Waals surface area contributed by atoms with E-state index in [9.17, 15) is 18.0 Å². The molecule has 0 bridgehead atoms. The molecule has 0 spiro atoms. The maximum Gasteiger partial charge on any atom is 0.407 e. The fraction of sp³-hybridized carbons (Fsp3) is 0.222. The molecule has 0 unspecified atom stereocenters. The number of benzene rings is 1. The largest absolute Gasteiger partial charge is 0.407 e. The Hall–Kier alpha value is -1.76. The number of rotatable bonds is 2. The lowest BCUT2D eigenvalue weighted by Crippen LogP contribution is -2.46. The van der Waals surface area contributed by atoms with Gasteiger partial charge in [-0.1, -0.05) is 18.2 Å². The monoisotopic (exact) mass is 233 g/mol. The topological polar surface area (TPSA) is 58.4 Å². The van der Waals surface area contributed by atoms with Crippen LogP contribution in [0.1, 0.15) is 0 Å². The summed E-state index contributed by atoms with van der Waals surface area (Å²) in [6, 6.07) is 7.06. The lowest BCUT2D eigenvalue weighted by molar-refractivity contribution is -0.139. The number of para-hydroxylation sites is 1. The van der Waals surface area contributed by atoms with Crippen molar-refractivity contribution in [1.29, 1.82) is 0 Å². The number of hydrogen-bond acceptors (Lipinski definition) is 2. The average molecular weight is 233 g/mol. The van der Waals surface area contributed by atoms with Crippen LogP contribution in [0.5, 0.6) is 0 Å². The summed E-state index contributed by atoms with van der Waals surface area (Å²) in [6.45, 7) is -1.49. The summed E-state index contributed by atoms with van der Waals surface area (Å²) in [5, 5.41) is 2.30. The number of alkyl halides is 3. The molecule has 0 aliphatic heterocycles. The van der Waals surface area contributed by atoms with Gasteiger partial charge in [0.15, 0.2) is 0 Å².